The Morgan fingerprint density at radius 3 is 2.55 bits per heavy atom. The van der Waals surface area contributed by atoms with E-state index in [-0.39, 0.29) is 11.4 Å². The lowest BCUT2D eigenvalue weighted by molar-refractivity contribution is 0.479. The Hall–Kier alpha value is -1.69. The molecular weight excluding hydrogens is 325 g/mol. The van der Waals surface area contributed by atoms with Gasteiger partial charge in [-0.1, -0.05) is 37.0 Å². The van der Waals surface area contributed by atoms with Crippen molar-refractivity contribution >= 4 is 39.8 Å². The van der Waals surface area contributed by atoms with Crippen molar-refractivity contribution < 1.29 is 5.11 Å². The van der Waals surface area contributed by atoms with Gasteiger partial charge >= 0.3 is 0 Å². The van der Waals surface area contributed by atoms with Gasteiger partial charge in [0.1, 0.15) is 0 Å². The Labute approximate surface area is 138 Å². The largest absolute Gasteiger partial charge is 0.505 e. The van der Waals surface area contributed by atoms with Crippen molar-refractivity contribution in [2.75, 3.05) is 11.6 Å². The summed E-state index contributed by atoms with van der Waals surface area (Å²) in [6, 6.07) is 3.35. The second-order valence-corrected chi connectivity index (χ2v) is 5.47. The van der Waals surface area contributed by atoms with Crippen molar-refractivity contribution in [3.05, 3.63) is 44.3 Å². The van der Waals surface area contributed by atoms with Crippen LogP contribution in [0.25, 0.3) is 10.9 Å². The van der Waals surface area contributed by atoms with Crippen molar-refractivity contribution in [3.8, 4) is 5.75 Å². The third-order valence-electron chi connectivity index (χ3n) is 3.17. The molecule has 0 unspecified atom stereocenters. The molecule has 118 valence electrons. The number of benzene rings is 1. The number of aromatic amines is 1. The summed E-state index contributed by atoms with van der Waals surface area (Å²) < 4.78 is 0. The summed E-state index contributed by atoms with van der Waals surface area (Å²) in [5.41, 5.74) is 3.88. The summed E-state index contributed by atoms with van der Waals surface area (Å²) >= 11 is 11.9. The van der Waals surface area contributed by atoms with Gasteiger partial charge in [0.15, 0.2) is 11.4 Å². The Bertz CT molecular complexity index is 799. The number of halogens is 2. The van der Waals surface area contributed by atoms with Crippen LogP contribution in [-0.2, 0) is 0 Å². The van der Waals surface area contributed by atoms with E-state index in [2.05, 4.69) is 10.4 Å². The molecule has 3 N–H and O–H groups in total. The summed E-state index contributed by atoms with van der Waals surface area (Å²) in [4.78, 5) is 14.8. The van der Waals surface area contributed by atoms with Gasteiger partial charge in [-0.05, 0) is 24.6 Å². The van der Waals surface area contributed by atoms with E-state index in [1.54, 1.807) is 18.3 Å². The molecule has 0 bridgehead atoms. The van der Waals surface area contributed by atoms with Gasteiger partial charge in [-0.25, -0.2) is 5.43 Å². The topological polar surface area (TPSA) is 68.4 Å². The highest BCUT2D eigenvalue weighted by Crippen LogP contribution is 2.34. The van der Waals surface area contributed by atoms with E-state index in [0.29, 0.717) is 27.5 Å². The minimum absolute atomic E-state index is 0.106. The molecule has 5 nitrogen and oxygen atoms in total. The number of pyridine rings is 1. The number of aryl methyl sites for hydroxylation is 1. The van der Waals surface area contributed by atoms with Gasteiger partial charge < -0.3 is 10.1 Å². The molecule has 1 aliphatic rings. The first kappa shape index (κ1) is 16.7. The summed E-state index contributed by atoms with van der Waals surface area (Å²) in [6.45, 7) is 6.25. The van der Waals surface area contributed by atoms with Gasteiger partial charge in [-0.15, -0.1) is 0 Å². The van der Waals surface area contributed by atoms with E-state index in [4.69, 9.17) is 23.2 Å². The number of rotatable bonds is 1. The molecule has 0 aliphatic carbocycles. The zero-order chi connectivity index (χ0) is 16.4. The van der Waals surface area contributed by atoms with E-state index in [1.807, 2.05) is 20.8 Å². The molecule has 0 amide bonds. The number of H-pyrrole nitrogens is 1. The van der Waals surface area contributed by atoms with Crippen molar-refractivity contribution in [2.24, 2.45) is 0 Å². The number of hydrogen-bond donors (Lipinski definition) is 3. The Kier molecular flexibility index (Phi) is 5.01. The minimum atomic E-state index is -0.426. The SMILES string of the molecule is CC.Cc1cc2c(O)c(N3C=C(Cl)CN3)c(=O)[nH]c2cc1Cl. The van der Waals surface area contributed by atoms with Gasteiger partial charge in [0.25, 0.3) is 5.56 Å². The summed E-state index contributed by atoms with van der Waals surface area (Å²) in [5.74, 6) is -0.112. The fourth-order valence-electron chi connectivity index (χ4n) is 2.16. The van der Waals surface area contributed by atoms with E-state index in [0.717, 1.165) is 5.56 Å². The van der Waals surface area contributed by atoms with E-state index >= 15 is 0 Å². The molecule has 1 aromatic carbocycles. The van der Waals surface area contributed by atoms with Crippen LogP contribution in [0.5, 0.6) is 5.75 Å². The van der Waals surface area contributed by atoms with E-state index < -0.39 is 5.56 Å². The first-order chi connectivity index (χ1) is 10.5. The number of fused-ring (bicyclic) bond motifs is 1. The molecule has 0 saturated heterocycles. The molecule has 2 aromatic rings. The third-order valence-corrected chi connectivity index (χ3v) is 3.81. The van der Waals surface area contributed by atoms with Gasteiger partial charge in [-0.2, -0.15) is 0 Å². The first-order valence-corrected chi connectivity index (χ1v) is 7.67. The molecule has 3 rings (SSSR count). The van der Waals surface area contributed by atoms with Crippen molar-refractivity contribution in [1.29, 1.82) is 0 Å². The van der Waals surface area contributed by atoms with Crippen LogP contribution in [0.1, 0.15) is 19.4 Å². The number of hydrazine groups is 1. The van der Waals surface area contributed by atoms with Crippen LogP contribution in [0.3, 0.4) is 0 Å². The Morgan fingerprint density at radius 1 is 1.27 bits per heavy atom. The number of hydrogen-bond acceptors (Lipinski definition) is 4. The number of nitrogens with zero attached hydrogens (tertiary/aromatic N) is 1. The second kappa shape index (κ2) is 6.60. The first-order valence-electron chi connectivity index (χ1n) is 6.91. The third kappa shape index (κ3) is 2.92. The van der Waals surface area contributed by atoms with Gasteiger partial charge in [-0.3, -0.25) is 9.80 Å². The lowest BCUT2D eigenvalue weighted by Gasteiger charge is -2.17. The van der Waals surface area contributed by atoms with Crippen LogP contribution in [-0.4, -0.2) is 16.6 Å². The Morgan fingerprint density at radius 2 is 1.95 bits per heavy atom. The number of nitrogens with one attached hydrogen (secondary N) is 2. The zero-order valence-electron chi connectivity index (χ0n) is 12.5. The van der Waals surface area contributed by atoms with Gasteiger partial charge in [0, 0.05) is 16.6 Å². The molecule has 7 heteroatoms. The molecule has 2 heterocycles. The molecule has 0 saturated carbocycles. The van der Waals surface area contributed by atoms with Crippen molar-refractivity contribution in [1.82, 2.24) is 10.4 Å². The van der Waals surface area contributed by atoms with Gasteiger partial charge in [0.2, 0.25) is 0 Å². The van der Waals surface area contributed by atoms with Crippen LogP contribution < -0.4 is 16.0 Å². The summed E-state index contributed by atoms with van der Waals surface area (Å²) in [6.07, 6.45) is 1.56. The fraction of sp³-hybridized carbons (Fsp3) is 0.267. The maximum absolute atomic E-state index is 12.1. The molecule has 1 aromatic heterocycles. The zero-order valence-corrected chi connectivity index (χ0v) is 14.0. The van der Waals surface area contributed by atoms with Crippen LogP contribution in [0.15, 0.2) is 28.2 Å². The van der Waals surface area contributed by atoms with Crippen molar-refractivity contribution in [3.63, 3.8) is 0 Å². The van der Waals surface area contributed by atoms with Crippen molar-refractivity contribution in [2.45, 2.75) is 20.8 Å². The predicted molar refractivity (Wildman–Crippen MR) is 91.7 cm³/mol. The molecule has 0 atom stereocenters. The van der Waals surface area contributed by atoms with E-state index in [9.17, 15) is 9.90 Å². The maximum Gasteiger partial charge on any atom is 0.277 e. The quantitative estimate of drug-likeness (QED) is 0.740. The smallest absolute Gasteiger partial charge is 0.277 e. The highest BCUT2D eigenvalue weighted by atomic mass is 35.5. The predicted octanol–water partition coefficient (Wildman–Crippen LogP) is 3.63. The minimum Gasteiger partial charge on any atom is -0.505 e. The standard InChI is InChI=1S/C13H11Cl2N3O2.C2H6/c1-6-2-8-10(3-9(6)15)17-13(20)11(12(8)19)18-5-7(14)4-16-18;1-2/h2-3,5,16H,4H2,1H3,(H2,17,19,20);1-2H3. The number of anilines is 1. The highest BCUT2D eigenvalue weighted by Gasteiger charge is 2.21. The molecule has 22 heavy (non-hydrogen) atoms. The highest BCUT2D eigenvalue weighted by molar-refractivity contribution is 6.32. The summed E-state index contributed by atoms with van der Waals surface area (Å²) in [5, 5.41) is 13.4. The summed E-state index contributed by atoms with van der Waals surface area (Å²) in [7, 11) is 0. The van der Waals surface area contributed by atoms with Gasteiger partial charge in [0.05, 0.1) is 17.1 Å². The molecule has 0 spiro atoms. The average molecular weight is 342 g/mol. The lowest BCUT2D eigenvalue weighted by atomic mass is 10.1. The Balaban J connectivity index is 0.000000847. The van der Waals surface area contributed by atoms with Crippen LogP contribution in [0, 0.1) is 6.92 Å². The van der Waals surface area contributed by atoms with Crippen LogP contribution >= 0.6 is 23.2 Å². The second-order valence-electron chi connectivity index (χ2n) is 4.58. The lowest BCUT2D eigenvalue weighted by Crippen LogP contribution is -2.33. The molecular formula is C15H17Cl2N3O2. The van der Waals surface area contributed by atoms with Crippen LogP contribution in [0.4, 0.5) is 5.69 Å². The van der Waals surface area contributed by atoms with E-state index in [1.165, 1.54) is 5.01 Å². The number of aromatic hydroxyl groups is 1. The maximum atomic E-state index is 12.1. The number of aromatic nitrogens is 1. The fourth-order valence-corrected chi connectivity index (χ4v) is 2.48. The van der Waals surface area contributed by atoms with Crippen LogP contribution in [0.2, 0.25) is 5.02 Å². The molecule has 0 fully saturated rings. The normalized spacial score (nSPS) is 13.9. The average Bonchev–Trinajstić information content (AvgIpc) is 2.90. The molecule has 1 aliphatic heterocycles. The molecule has 0 radical (unpaired) electrons. The monoisotopic (exact) mass is 341 g/mol.